The van der Waals surface area contributed by atoms with Crippen LogP contribution in [0.25, 0.3) is 0 Å². The summed E-state index contributed by atoms with van der Waals surface area (Å²) in [5.74, 6) is -0.520. The minimum absolute atomic E-state index is 0.172. The Bertz CT molecular complexity index is 748. The first-order chi connectivity index (χ1) is 12.0. The van der Waals surface area contributed by atoms with Gasteiger partial charge < -0.3 is 15.4 Å². The Balaban J connectivity index is 1.95. The maximum absolute atomic E-state index is 12.2. The van der Waals surface area contributed by atoms with Crippen LogP contribution in [0.2, 0.25) is 10.0 Å². The molecule has 132 valence electrons. The van der Waals surface area contributed by atoms with Crippen molar-refractivity contribution in [2.75, 3.05) is 25.6 Å². The molecular formula is C18H18Cl2N2O3. The molecule has 0 unspecified atom stereocenters. The molecule has 2 rings (SSSR count). The third-order valence-electron chi connectivity index (χ3n) is 3.39. The highest BCUT2D eigenvalue weighted by Crippen LogP contribution is 2.22. The van der Waals surface area contributed by atoms with Crippen LogP contribution in [0.3, 0.4) is 0 Å². The molecule has 7 heteroatoms. The molecule has 25 heavy (non-hydrogen) atoms. The molecule has 2 aromatic rings. The third kappa shape index (κ3) is 5.74. The maximum Gasteiger partial charge on any atom is 0.257 e. The number of anilines is 1. The Labute approximate surface area is 156 Å². The van der Waals surface area contributed by atoms with E-state index in [-0.39, 0.29) is 16.8 Å². The Hall–Kier alpha value is -2.08. The Kier molecular flexibility index (Phi) is 7.25. The summed E-state index contributed by atoms with van der Waals surface area (Å²) in [4.78, 5) is 24.2. The lowest BCUT2D eigenvalue weighted by Crippen LogP contribution is -2.25. The highest BCUT2D eigenvalue weighted by atomic mass is 35.5. The van der Waals surface area contributed by atoms with Crippen molar-refractivity contribution in [3.05, 3.63) is 63.6 Å². The summed E-state index contributed by atoms with van der Waals surface area (Å²) in [7, 11) is 1.62. The van der Waals surface area contributed by atoms with E-state index in [9.17, 15) is 9.59 Å². The summed E-state index contributed by atoms with van der Waals surface area (Å²) in [5.41, 5.74) is 1.40. The summed E-state index contributed by atoms with van der Waals surface area (Å²) >= 11 is 11.8. The van der Waals surface area contributed by atoms with E-state index < -0.39 is 0 Å². The fraction of sp³-hybridized carbons (Fsp3) is 0.222. The van der Waals surface area contributed by atoms with Gasteiger partial charge in [-0.1, -0.05) is 23.2 Å². The molecule has 5 nitrogen and oxygen atoms in total. The van der Waals surface area contributed by atoms with E-state index in [0.717, 1.165) is 6.42 Å². The normalized spacial score (nSPS) is 10.4. The summed E-state index contributed by atoms with van der Waals surface area (Å²) in [6.45, 7) is 1.14. The van der Waals surface area contributed by atoms with Gasteiger partial charge in [0, 0.05) is 36.5 Å². The number of halogens is 2. The maximum atomic E-state index is 12.2. The average Bonchev–Trinajstić information content (AvgIpc) is 2.59. The smallest absolute Gasteiger partial charge is 0.257 e. The van der Waals surface area contributed by atoms with Crippen LogP contribution in [0.15, 0.2) is 42.5 Å². The van der Waals surface area contributed by atoms with Gasteiger partial charge in [-0.05, 0) is 48.9 Å². The molecule has 2 N–H and O–H groups in total. The number of hydrogen-bond acceptors (Lipinski definition) is 3. The van der Waals surface area contributed by atoms with Crippen LogP contribution in [0, 0.1) is 0 Å². The molecule has 0 saturated heterocycles. The lowest BCUT2D eigenvalue weighted by atomic mass is 10.1. The topological polar surface area (TPSA) is 67.4 Å². The van der Waals surface area contributed by atoms with Gasteiger partial charge in [-0.15, -0.1) is 0 Å². The zero-order chi connectivity index (χ0) is 18.2. The number of carbonyl (C=O) groups excluding carboxylic acids is 2. The van der Waals surface area contributed by atoms with Gasteiger partial charge in [0.1, 0.15) is 0 Å². The van der Waals surface area contributed by atoms with Crippen molar-refractivity contribution in [2.24, 2.45) is 0 Å². The van der Waals surface area contributed by atoms with Crippen LogP contribution >= 0.6 is 23.2 Å². The van der Waals surface area contributed by atoms with E-state index >= 15 is 0 Å². The quantitative estimate of drug-likeness (QED) is 0.712. The number of methoxy groups -OCH3 is 1. The predicted octanol–water partition coefficient (Wildman–Crippen LogP) is 4.01. The molecule has 0 fully saturated rings. The molecule has 0 bridgehead atoms. The molecule has 0 spiro atoms. The summed E-state index contributed by atoms with van der Waals surface area (Å²) < 4.78 is 4.93. The highest BCUT2D eigenvalue weighted by Gasteiger charge is 2.11. The van der Waals surface area contributed by atoms with Gasteiger partial charge in [-0.3, -0.25) is 9.59 Å². The first-order valence-corrected chi connectivity index (χ1v) is 8.40. The van der Waals surface area contributed by atoms with E-state index in [1.165, 1.54) is 6.07 Å². The lowest BCUT2D eigenvalue weighted by molar-refractivity contribution is 0.0948. The fourth-order valence-electron chi connectivity index (χ4n) is 2.10. The van der Waals surface area contributed by atoms with Gasteiger partial charge >= 0.3 is 0 Å². The Morgan fingerprint density at radius 2 is 1.76 bits per heavy atom. The van der Waals surface area contributed by atoms with Crippen molar-refractivity contribution in [2.45, 2.75) is 6.42 Å². The van der Waals surface area contributed by atoms with Crippen LogP contribution < -0.4 is 10.6 Å². The molecule has 0 saturated carbocycles. The van der Waals surface area contributed by atoms with Crippen LogP contribution in [-0.2, 0) is 4.74 Å². The van der Waals surface area contributed by atoms with Gasteiger partial charge in [-0.2, -0.15) is 0 Å². The molecule has 2 aromatic carbocycles. The zero-order valence-electron chi connectivity index (χ0n) is 13.6. The highest BCUT2D eigenvalue weighted by molar-refractivity contribution is 6.37. The molecule has 0 heterocycles. The third-order valence-corrected chi connectivity index (χ3v) is 3.94. The number of benzene rings is 2. The zero-order valence-corrected chi connectivity index (χ0v) is 15.2. The second kappa shape index (κ2) is 9.42. The van der Waals surface area contributed by atoms with Crippen molar-refractivity contribution in [3.8, 4) is 0 Å². The van der Waals surface area contributed by atoms with Crippen molar-refractivity contribution in [3.63, 3.8) is 0 Å². The number of amides is 2. The minimum Gasteiger partial charge on any atom is -0.385 e. The lowest BCUT2D eigenvalue weighted by Gasteiger charge is -2.08. The monoisotopic (exact) mass is 380 g/mol. The van der Waals surface area contributed by atoms with Crippen LogP contribution in [-0.4, -0.2) is 32.1 Å². The fourth-order valence-corrected chi connectivity index (χ4v) is 2.59. The largest absolute Gasteiger partial charge is 0.385 e. The molecule has 0 aliphatic heterocycles. The van der Waals surface area contributed by atoms with Crippen molar-refractivity contribution in [1.82, 2.24) is 5.32 Å². The number of nitrogens with one attached hydrogen (secondary N) is 2. The van der Waals surface area contributed by atoms with Crippen molar-refractivity contribution in [1.29, 1.82) is 0 Å². The standard InChI is InChI=1S/C18H18Cl2N2O3/c1-25-10-2-9-21-17(23)12-3-6-14(7-4-12)22-18(24)15-8-5-13(19)11-16(15)20/h3-8,11H,2,9-10H2,1H3,(H,21,23)(H,22,24). The van der Waals surface area contributed by atoms with Crippen LogP contribution in [0.5, 0.6) is 0 Å². The van der Waals surface area contributed by atoms with Gasteiger partial charge in [0.05, 0.1) is 10.6 Å². The van der Waals surface area contributed by atoms with E-state index in [0.29, 0.717) is 35.0 Å². The van der Waals surface area contributed by atoms with Gasteiger partial charge in [0.2, 0.25) is 0 Å². The minimum atomic E-state index is -0.349. The van der Waals surface area contributed by atoms with Gasteiger partial charge in [-0.25, -0.2) is 0 Å². The molecular weight excluding hydrogens is 363 g/mol. The number of rotatable bonds is 7. The van der Waals surface area contributed by atoms with E-state index in [1.807, 2.05) is 0 Å². The van der Waals surface area contributed by atoms with Crippen molar-refractivity contribution >= 4 is 40.7 Å². The average molecular weight is 381 g/mol. The van der Waals surface area contributed by atoms with Crippen LogP contribution in [0.4, 0.5) is 5.69 Å². The van der Waals surface area contributed by atoms with Gasteiger partial charge in [0.25, 0.3) is 11.8 Å². The molecule has 0 aliphatic rings. The number of ether oxygens (including phenoxy) is 1. The molecule has 0 aromatic heterocycles. The molecule has 2 amide bonds. The van der Waals surface area contributed by atoms with E-state index in [2.05, 4.69) is 10.6 Å². The molecule has 0 aliphatic carbocycles. The molecule has 0 radical (unpaired) electrons. The number of hydrogen-bond donors (Lipinski definition) is 2. The second-order valence-corrected chi connectivity index (χ2v) is 6.10. The SMILES string of the molecule is COCCCNC(=O)c1ccc(NC(=O)c2ccc(Cl)cc2Cl)cc1. The Morgan fingerprint density at radius 3 is 2.40 bits per heavy atom. The summed E-state index contributed by atoms with van der Waals surface area (Å²) in [6, 6.07) is 11.3. The second-order valence-electron chi connectivity index (χ2n) is 5.26. The van der Waals surface area contributed by atoms with E-state index in [4.69, 9.17) is 27.9 Å². The van der Waals surface area contributed by atoms with Crippen molar-refractivity contribution < 1.29 is 14.3 Å². The predicted molar refractivity (Wildman–Crippen MR) is 99.7 cm³/mol. The van der Waals surface area contributed by atoms with Crippen LogP contribution in [0.1, 0.15) is 27.1 Å². The first kappa shape index (κ1) is 19.2. The Morgan fingerprint density at radius 1 is 1.04 bits per heavy atom. The summed E-state index contributed by atoms with van der Waals surface area (Å²) in [5, 5.41) is 6.26. The van der Waals surface area contributed by atoms with E-state index in [1.54, 1.807) is 43.5 Å². The molecule has 0 atom stereocenters. The first-order valence-electron chi connectivity index (χ1n) is 7.65. The van der Waals surface area contributed by atoms with Gasteiger partial charge in [0.15, 0.2) is 0 Å². The summed E-state index contributed by atoms with van der Waals surface area (Å²) in [6.07, 6.45) is 0.748. The number of carbonyl (C=O) groups is 2.